The maximum atomic E-state index is 13.5. The van der Waals surface area contributed by atoms with Gasteiger partial charge in [0.2, 0.25) is 0 Å². The molecule has 5 nitrogen and oxygen atoms in total. The zero-order valence-electron chi connectivity index (χ0n) is 19.0. The van der Waals surface area contributed by atoms with Gasteiger partial charge in [-0.2, -0.15) is 0 Å². The van der Waals surface area contributed by atoms with Crippen LogP contribution in [0.4, 0.5) is 15.8 Å². The van der Waals surface area contributed by atoms with Crippen LogP contribution in [0.1, 0.15) is 30.5 Å². The van der Waals surface area contributed by atoms with E-state index < -0.39 is 17.6 Å². The summed E-state index contributed by atoms with van der Waals surface area (Å²) in [5.74, 6) is -0.745. The Labute approximate surface area is 192 Å². The van der Waals surface area contributed by atoms with Gasteiger partial charge in [0.05, 0.1) is 17.4 Å². The van der Waals surface area contributed by atoms with Gasteiger partial charge >= 0.3 is 0 Å². The summed E-state index contributed by atoms with van der Waals surface area (Å²) in [7, 11) is 0. The molecule has 0 saturated carbocycles. The Hall–Kier alpha value is -3.93. The van der Waals surface area contributed by atoms with Crippen molar-refractivity contribution >= 4 is 28.8 Å². The summed E-state index contributed by atoms with van der Waals surface area (Å²) < 4.78 is 19.2. The second-order valence-electron chi connectivity index (χ2n) is 8.36. The summed E-state index contributed by atoms with van der Waals surface area (Å²) in [6.45, 7) is 7.80. The van der Waals surface area contributed by atoms with Gasteiger partial charge in [0, 0.05) is 5.69 Å². The minimum absolute atomic E-state index is 0.0144. The number of amides is 2. The van der Waals surface area contributed by atoms with E-state index in [1.54, 1.807) is 24.3 Å². The average Bonchev–Trinajstić information content (AvgIpc) is 2.98. The van der Waals surface area contributed by atoms with Gasteiger partial charge in [0.15, 0.2) is 0 Å². The van der Waals surface area contributed by atoms with Crippen molar-refractivity contribution in [2.75, 3.05) is 10.2 Å². The Kier molecular flexibility index (Phi) is 6.01. The average molecular weight is 445 g/mol. The number of nitrogens with zero attached hydrogens (tertiary/aromatic N) is 1. The maximum Gasteiger partial charge on any atom is 0.282 e. The first kappa shape index (κ1) is 22.3. The number of anilines is 2. The fraction of sp³-hybridized carbons (Fsp3) is 0.185. The van der Waals surface area contributed by atoms with Crippen LogP contribution in [0.2, 0.25) is 0 Å². The number of carbonyl (C=O) groups excluding carboxylic acids is 2. The number of benzene rings is 3. The molecule has 33 heavy (non-hydrogen) atoms. The molecule has 0 atom stereocenters. The molecule has 168 valence electrons. The lowest BCUT2D eigenvalue weighted by Crippen LogP contribution is -2.32. The molecule has 0 unspecified atom stereocenters. The monoisotopic (exact) mass is 444 g/mol. The van der Waals surface area contributed by atoms with E-state index in [1.807, 2.05) is 45.9 Å². The number of hydrogen-bond acceptors (Lipinski definition) is 4. The predicted molar refractivity (Wildman–Crippen MR) is 128 cm³/mol. The van der Waals surface area contributed by atoms with Crippen LogP contribution in [0.5, 0.6) is 5.75 Å². The molecule has 1 heterocycles. The maximum absolute atomic E-state index is 13.5. The van der Waals surface area contributed by atoms with Crippen molar-refractivity contribution < 1.29 is 18.7 Å². The number of aryl methyl sites for hydroxylation is 2. The first-order chi connectivity index (χ1) is 15.7. The van der Waals surface area contributed by atoms with Crippen molar-refractivity contribution in [1.29, 1.82) is 0 Å². The summed E-state index contributed by atoms with van der Waals surface area (Å²) in [6, 6.07) is 18.2. The van der Waals surface area contributed by atoms with Crippen molar-refractivity contribution in [3.8, 4) is 5.75 Å². The summed E-state index contributed by atoms with van der Waals surface area (Å²) in [5.41, 5.74) is 4.08. The molecule has 6 heteroatoms. The highest BCUT2D eigenvalue weighted by molar-refractivity contribution is 6.46. The van der Waals surface area contributed by atoms with Crippen molar-refractivity contribution in [3.63, 3.8) is 0 Å². The molecule has 1 aliphatic rings. The Bertz CT molecular complexity index is 1230. The van der Waals surface area contributed by atoms with Gasteiger partial charge in [0.1, 0.15) is 17.3 Å². The van der Waals surface area contributed by atoms with Crippen LogP contribution < -0.4 is 15.0 Å². The second-order valence-corrected chi connectivity index (χ2v) is 8.36. The molecule has 2 amide bonds. The van der Waals surface area contributed by atoms with E-state index in [-0.39, 0.29) is 17.4 Å². The fourth-order valence-electron chi connectivity index (χ4n) is 3.90. The number of imide groups is 1. The Morgan fingerprint density at radius 3 is 2.03 bits per heavy atom. The van der Waals surface area contributed by atoms with Gasteiger partial charge in [-0.15, -0.1) is 0 Å². The molecule has 0 radical (unpaired) electrons. The SMILES string of the molecule is Cc1cc(C)cc(NC2=C(c3ccc(OC(C)C)cc3)C(=O)N(c3ccc(F)cc3)C2=O)c1. The summed E-state index contributed by atoms with van der Waals surface area (Å²) in [6.07, 6.45) is 0.0144. The van der Waals surface area contributed by atoms with Crippen LogP contribution in [0, 0.1) is 19.7 Å². The smallest absolute Gasteiger partial charge is 0.282 e. The second kappa shape index (κ2) is 8.90. The van der Waals surface area contributed by atoms with Crippen molar-refractivity contribution in [1.82, 2.24) is 0 Å². The van der Waals surface area contributed by atoms with E-state index in [2.05, 4.69) is 5.32 Å². The molecule has 0 fully saturated rings. The van der Waals surface area contributed by atoms with Crippen LogP contribution in [0.3, 0.4) is 0 Å². The van der Waals surface area contributed by atoms with Gasteiger partial charge < -0.3 is 10.1 Å². The van der Waals surface area contributed by atoms with E-state index in [4.69, 9.17) is 4.74 Å². The van der Waals surface area contributed by atoms with Crippen LogP contribution >= 0.6 is 0 Å². The van der Waals surface area contributed by atoms with Crippen LogP contribution in [-0.4, -0.2) is 17.9 Å². The highest BCUT2D eigenvalue weighted by Gasteiger charge is 2.40. The highest BCUT2D eigenvalue weighted by Crippen LogP contribution is 2.34. The highest BCUT2D eigenvalue weighted by atomic mass is 19.1. The third kappa shape index (κ3) is 4.65. The number of carbonyl (C=O) groups is 2. The van der Waals surface area contributed by atoms with Crippen LogP contribution in [0.25, 0.3) is 5.57 Å². The van der Waals surface area contributed by atoms with Crippen LogP contribution in [-0.2, 0) is 9.59 Å². The van der Waals surface area contributed by atoms with E-state index >= 15 is 0 Å². The van der Waals surface area contributed by atoms with Crippen molar-refractivity contribution in [2.24, 2.45) is 0 Å². The molecule has 4 rings (SSSR count). The lowest BCUT2D eigenvalue weighted by molar-refractivity contribution is -0.120. The Morgan fingerprint density at radius 1 is 0.848 bits per heavy atom. The van der Waals surface area contributed by atoms with E-state index in [0.717, 1.165) is 16.0 Å². The number of nitrogens with one attached hydrogen (secondary N) is 1. The predicted octanol–water partition coefficient (Wildman–Crippen LogP) is 5.63. The van der Waals surface area contributed by atoms with E-state index in [0.29, 0.717) is 22.7 Å². The van der Waals surface area contributed by atoms with Gasteiger partial charge in [-0.25, -0.2) is 9.29 Å². The molecular formula is C27H25FN2O3. The minimum Gasteiger partial charge on any atom is -0.491 e. The minimum atomic E-state index is -0.497. The van der Waals surface area contributed by atoms with Gasteiger partial charge in [0.25, 0.3) is 11.8 Å². The Morgan fingerprint density at radius 2 is 1.45 bits per heavy atom. The van der Waals surface area contributed by atoms with Crippen molar-refractivity contribution in [2.45, 2.75) is 33.8 Å². The summed E-state index contributed by atoms with van der Waals surface area (Å²) >= 11 is 0. The van der Waals surface area contributed by atoms with Gasteiger partial charge in [-0.1, -0.05) is 18.2 Å². The zero-order chi connectivity index (χ0) is 23.7. The first-order valence-electron chi connectivity index (χ1n) is 10.7. The molecule has 0 bridgehead atoms. The molecule has 0 aliphatic carbocycles. The molecule has 3 aromatic rings. The standard InChI is InChI=1S/C27H25FN2O3/c1-16(2)33-23-11-5-19(6-12-23)24-25(29-21-14-17(3)13-18(4)15-21)27(32)30(26(24)31)22-9-7-20(28)8-10-22/h5-16,29H,1-4H3. The lowest BCUT2D eigenvalue weighted by Gasteiger charge is -2.15. The molecule has 3 aromatic carbocycles. The largest absolute Gasteiger partial charge is 0.491 e. The first-order valence-corrected chi connectivity index (χ1v) is 10.7. The van der Waals surface area contributed by atoms with E-state index in [9.17, 15) is 14.0 Å². The third-order valence-corrected chi connectivity index (χ3v) is 5.17. The molecular weight excluding hydrogens is 419 g/mol. The van der Waals surface area contributed by atoms with Gasteiger partial charge in [-0.3, -0.25) is 9.59 Å². The topological polar surface area (TPSA) is 58.6 Å². The molecule has 0 saturated heterocycles. The number of rotatable bonds is 6. The fourth-order valence-corrected chi connectivity index (χ4v) is 3.90. The molecule has 1 N–H and O–H groups in total. The molecule has 0 spiro atoms. The quantitative estimate of drug-likeness (QED) is 0.501. The summed E-state index contributed by atoms with van der Waals surface area (Å²) in [5, 5.41) is 3.17. The lowest BCUT2D eigenvalue weighted by atomic mass is 10.0. The third-order valence-electron chi connectivity index (χ3n) is 5.17. The molecule has 1 aliphatic heterocycles. The number of ether oxygens (including phenoxy) is 1. The zero-order valence-corrected chi connectivity index (χ0v) is 19.0. The van der Waals surface area contributed by atoms with Crippen molar-refractivity contribution in [3.05, 3.63) is 94.9 Å². The van der Waals surface area contributed by atoms with Crippen LogP contribution in [0.15, 0.2) is 72.4 Å². The summed E-state index contributed by atoms with van der Waals surface area (Å²) in [4.78, 5) is 28.0. The van der Waals surface area contributed by atoms with Gasteiger partial charge in [-0.05, 0) is 92.9 Å². The normalized spacial score (nSPS) is 13.8. The number of halogens is 1. The molecule has 0 aromatic heterocycles. The number of hydrogen-bond donors (Lipinski definition) is 1. The Balaban J connectivity index is 1.79. The van der Waals surface area contributed by atoms with E-state index in [1.165, 1.54) is 24.3 Å².